The minimum atomic E-state index is -1.02. The summed E-state index contributed by atoms with van der Waals surface area (Å²) in [7, 11) is 0. The average Bonchev–Trinajstić information content (AvgIpc) is 3.56. The summed E-state index contributed by atoms with van der Waals surface area (Å²) in [6.07, 6.45) is 3.19. The number of hydrogen-bond donors (Lipinski definition) is 0. The van der Waals surface area contributed by atoms with E-state index in [-0.39, 0.29) is 5.91 Å². The zero-order chi connectivity index (χ0) is 29.8. The molecule has 44 heavy (non-hydrogen) atoms. The summed E-state index contributed by atoms with van der Waals surface area (Å²) in [6, 6.07) is 30.3. The second kappa shape index (κ2) is 10.4. The van der Waals surface area contributed by atoms with Gasteiger partial charge in [0.25, 0.3) is 0 Å². The van der Waals surface area contributed by atoms with E-state index in [9.17, 15) is 14.4 Å². The van der Waals surface area contributed by atoms with Crippen molar-refractivity contribution in [2.45, 2.75) is 18.2 Å². The fourth-order valence-corrected chi connectivity index (χ4v) is 6.98. The van der Waals surface area contributed by atoms with Crippen LogP contribution in [0.5, 0.6) is 11.5 Å². The number of fused-ring (bicyclic) bond motifs is 6. The average molecular weight is 585 g/mol. The van der Waals surface area contributed by atoms with Gasteiger partial charge in [-0.1, -0.05) is 91.0 Å². The number of carbonyl (C=O) groups excluding carboxylic acids is 3. The van der Waals surface area contributed by atoms with Gasteiger partial charge in [0.1, 0.15) is 19.3 Å². The molecule has 0 aromatic heterocycles. The molecule has 4 atom stereocenters. The second-order valence-corrected chi connectivity index (χ2v) is 11.3. The van der Waals surface area contributed by atoms with Crippen LogP contribution in [-0.4, -0.2) is 43.1 Å². The Bertz CT molecular complexity index is 1770. The van der Waals surface area contributed by atoms with Crippen LogP contribution >= 0.6 is 0 Å². The third-order valence-electron chi connectivity index (χ3n) is 8.88. The molecule has 2 amide bonds. The highest BCUT2D eigenvalue weighted by molar-refractivity contribution is 6.24. The Kier molecular flexibility index (Phi) is 6.22. The van der Waals surface area contributed by atoms with Gasteiger partial charge in [-0.25, -0.2) is 9.69 Å². The summed E-state index contributed by atoms with van der Waals surface area (Å²) in [4.78, 5) is 46.1. The number of ether oxygens (including phenoxy) is 3. The van der Waals surface area contributed by atoms with Crippen LogP contribution < -0.4 is 19.3 Å². The van der Waals surface area contributed by atoms with E-state index in [2.05, 4.69) is 0 Å². The number of carbonyl (C=O) groups is 3. The number of rotatable bonds is 5. The smallest absolute Gasteiger partial charge is 0.330 e. The second-order valence-electron chi connectivity index (χ2n) is 11.3. The normalized spacial score (nSPS) is 22.9. The van der Waals surface area contributed by atoms with Crippen LogP contribution in [0.4, 0.5) is 11.4 Å². The maximum Gasteiger partial charge on any atom is 0.330 e. The molecule has 8 nitrogen and oxygen atoms in total. The van der Waals surface area contributed by atoms with Crippen LogP contribution in [0.2, 0.25) is 0 Å². The van der Waals surface area contributed by atoms with Crippen molar-refractivity contribution >= 4 is 35.2 Å². The maximum atomic E-state index is 14.5. The molecule has 0 N–H and O–H groups in total. The molecule has 8 rings (SSSR count). The third kappa shape index (κ3) is 4.09. The first-order chi connectivity index (χ1) is 21.6. The summed E-state index contributed by atoms with van der Waals surface area (Å²) in [5, 5.41) is 0. The highest BCUT2D eigenvalue weighted by Crippen LogP contribution is 2.50. The topological polar surface area (TPSA) is 85.4 Å². The van der Waals surface area contributed by atoms with E-state index in [0.717, 1.165) is 22.4 Å². The molecule has 2 saturated heterocycles. The SMILES string of the molecule is O=C(OC(c1ccccc1)c1ccccc1)[C@@H]1[C@@H]2C(=O)N(c3ccc4c(c3)OCCO4)C(=O)[C@@H]2[C@@H]2C=Cc3ccccc3N12. The molecule has 0 radical (unpaired) electrons. The van der Waals surface area contributed by atoms with Crippen molar-refractivity contribution in [1.29, 1.82) is 0 Å². The molecular weight excluding hydrogens is 556 g/mol. The molecule has 0 bridgehead atoms. The highest BCUT2D eigenvalue weighted by atomic mass is 16.6. The number of benzene rings is 4. The molecule has 8 heteroatoms. The molecule has 0 spiro atoms. The largest absolute Gasteiger partial charge is 0.486 e. The Labute approximate surface area is 254 Å². The molecule has 0 aliphatic carbocycles. The van der Waals surface area contributed by atoms with Gasteiger partial charge < -0.3 is 19.1 Å². The zero-order valence-electron chi connectivity index (χ0n) is 23.6. The molecular formula is C36H28N2O6. The zero-order valence-corrected chi connectivity index (χ0v) is 23.6. The number of para-hydroxylation sites is 1. The monoisotopic (exact) mass is 584 g/mol. The van der Waals surface area contributed by atoms with Crippen LogP contribution in [0.25, 0.3) is 6.08 Å². The van der Waals surface area contributed by atoms with Crippen LogP contribution in [-0.2, 0) is 19.1 Å². The van der Waals surface area contributed by atoms with E-state index in [1.165, 1.54) is 4.90 Å². The standard InChI is InChI=1S/C36H28N2O6/c39-34-30-27-17-15-22-9-7-8-14-26(22)38(27)32(31(30)35(40)37(34)25-16-18-28-29(21-25)43-20-19-42-28)36(41)44-33(23-10-3-1-4-11-23)24-12-5-2-6-13-24/h1-18,21,27,30-33H,19-20H2/t27-,30+,31+,32-/m0/s1. The predicted octanol–water partition coefficient (Wildman–Crippen LogP) is 5.18. The number of amides is 2. The van der Waals surface area contributed by atoms with E-state index in [1.807, 2.05) is 102 Å². The van der Waals surface area contributed by atoms with E-state index in [0.29, 0.717) is 30.4 Å². The fraction of sp³-hybridized carbons (Fsp3) is 0.194. The van der Waals surface area contributed by atoms with Gasteiger partial charge in [0.05, 0.1) is 23.6 Å². The first-order valence-electron chi connectivity index (χ1n) is 14.7. The van der Waals surface area contributed by atoms with Crippen LogP contribution in [0, 0.1) is 11.8 Å². The lowest BCUT2D eigenvalue weighted by atomic mass is 9.88. The van der Waals surface area contributed by atoms with Gasteiger partial charge >= 0.3 is 5.97 Å². The summed E-state index contributed by atoms with van der Waals surface area (Å²) >= 11 is 0. The molecule has 4 aliphatic rings. The Morgan fingerprint density at radius 3 is 2.11 bits per heavy atom. The maximum absolute atomic E-state index is 14.5. The summed E-state index contributed by atoms with van der Waals surface area (Å²) in [6.45, 7) is 0.808. The van der Waals surface area contributed by atoms with E-state index < -0.39 is 41.9 Å². The minimum Gasteiger partial charge on any atom is -0.486 e. The fourth-order valence-electron chi connectivity index (χ4n) is 6.98. The van der Waals surface area contributed by atoms with Crippen molar-refractivity contribution in [2.75, 3.05) is 23.0 Å². The van der Waals surface area contributed by atoms with E-state index >= 15 is 0 Å². The summed E-state index contributed by atoms with van der Waals surface area (Å²) in [5.41, 5.74) is 3.71. The van der Waals surface area contributed by atoms with Crippen molar-refractivity contribution < 1.29 is 28.6 Å². The van der Waals surface area contributed by atoms with Gasteiger partial charge in [0.2, 0.25) is 11.8 Å². The summed E-state index contributed by atoms with van der Waals surface area (Å²) < 4.78 is 17.7. The molecule has 4 heterocycles. The Morgan fingerprint density at radius 2 is 1.39 bits per heavy atom. The lowest BCUT2D eigenvalue weighted by Crippen LogP contribution is -2.49. The van der Waals surface area contributed by atoms with Gasteiger partial charge in [-0.15, -0.1) is 0 Å². The Hall–Kier alpha value is -5.37. The Balaban J connectivity index is 1.21. The van der Waals surface area contributed by atoms with Gasteiger partial charge in [-0.05, 0) is 34.9 Å². The van der Waals surface area contributed by atoms with Crippen molar-refractivity contribution in [2.24, 2.45) is 11.8 Å². The van der Waals surface area contributed by atoms with Crippen LogP contribution in [0.1, 0.15) is 22.8 Å². The van der Waals surface area contributed by atoms with Crippen molar-refractivity contribution in [3.63, 3.8) is 0 Å². The van der Waals surface area contributed by atoms with E-state index in [1.54, 1.807) is 18.2 Å². The summed E-state index contributed by atoms with van der Waals surface area (Å²) in [5.74, 6) is -2.03. The molecule has 218 valence electrons. The van der Waals surface area contributed by atoms with Crippen LogP contribution in [0.15, 0.2) is 109 Å². The molecule has 0 saturated carbocycles. The third-order valence-corrected chi connectivity index (χ3v) is 8.88. The van der Waals surface area contributed by atoms with Gasteiger partial charge in [0, 0.05) is 11.8 Å². The number of nitrogens with zero attached hydrogens (tertiary/aromatic N) is 2. The quantitative estimate of drug-likeness (QED) is 0.236. The molecule has 4 aromatic rings. The van der Waals surface area contributed by atoms with Gasteiger partial charge in [0.15, 0.2) is 17.6 Å². The predicted molar refractivity (Wildman–Crippen MR) is 163 cm³/mol. The molecule has 0 unspecified atom stereocenters. The van der Waals surface area contributed by atoms with Crippen molar-refractivity contribution in [1.82, 2.24) is 0 Å². The molecule has 4 aromatic carbocycles. The molecule has 4 aliphatic heterocycles. The van der Waals surface area contributed by atoms with Gasteiger partial charge in [-0.3, -0.25) is 9.59 Å². The van der Waals surface area contributed by atoms with Gasteiger partial charge in [-0.2, -0.15) is 0 Å². The lowest BCUT2D eigenvalue weighted by Gasteiger charge is -2.36. The lowest BCUT2D eigenvalue weighted by molar-refractivity contribution is -0.151. The van der Waals surface area contributed by atoms with Crippen molar-refractivity contribution in [3.05, 3.63) is 126 Å². The van der Waals surface area contributed by atoms with E-state index in [4.69, 9.17) is 14.2 Å². The first-order valence-corrected chi connectivity index (χ1v) is 14.7. The minimum absolute atomic E-state index is 0.353. The number of anilines is 2. The number of hydrogen-bond acceptors (Lipinski definition) is 7. The van der Waals surface area contributed by atoms with Crippen LogP contribution in [0.3, 0.4) is 0 Å². The highest BCUT2D eigenvalue weighted by Gasteiger charge is 2.65. The number of esters is 1. The number of imide groups is 1. The van der Waals surface area contributed by atoms with Crippen molar-refractivity contribution in [3.8, 4) is 11.5 Å². The molecule has 2 fully saturated rings. The first kappa shape index (κ1) is 26.3. The Morgan fingerprint density at radius 1 is 0.750 bits per heavy atom.